The van der Waals surface area contributed by atoms with Gasteiger partial charge in [0.15, 0.2) is 0 Å². The lowest BCUT2D eigenvalue weighted by Gasteiger charge is -2.14. The zero-order chi connectivity index (χ0) is 22.5. The summed E-state index contributed by atoms with van der Waals surface area (Å²) in [5, 5.41) is 18.1. The molecule has 2 aromatic carbocycles. The molecule has 2 aromatic rings. The first-order chi connectivity index (χ1) is 14.8. The zero-order valence-corrected chi connectivity index (χ0v) is 19.9. The number of methoxy groups -OCH3 is 1. The van der Waals surface area contributed by atoms with Crippen molar-refractivity contribution in [3.63, 3.8) is 0 Å². The Hall–Kier alpha value is -2.34. The first-order valence-corrected chi connectivity index (χ1v) is 11.6. The number of halogens is 1. The smallest absolute Gasteiger partial charge is 0.118 e. The Morgan fingerprint density at radius 3 is 1.94 bits per heavy atom. The van der Waals surface area contributed by atoms with Gasteiger partial charge in [0.05, 0.1) is 24.7 Å². The lowest BCUT2D eigenvalue weighted by molar-refractivity contribution is 0.414. The summed E-state index contributed by atoms with van der Waals surface area (Å²) in [5.74, 6) is 1.88. The topological polar surface area (TPSA) is 82.8 Å². The van der Waals surface area contributed by atoms with Crippen LogP contribution in [0.3, 0.4) is 0 Å². The van der Waals surface area contributed by atoms with Crippen molar-refractivity contribution in [2.24, 2.45) is 11.1 Å². The fraction of sp³-hybridized carbons (Fsp3) is 0.462. The summed E-state index contributed by atoms with van der Waals surface area (Å²) in [7, 11) is 1.68. The predicted molar refractivity (Wildman–Crippen MR) is 127 cm³/mol. The monoisotopic (exact) mass is 479 g/mol. The van der Waals surface area contributed by atoms with Crippen molar-refractivity contribution in [3.05, 3.63) is 64.1 Å². The van der Waals surface area contributed by atoms with E-state index in [0.717, 1.165) is 48.7 Å². The Morgan fingerprint density at radius 2 is 1.45 bits per heavy atom. The Bertz CT molecular complexity index is 960. The van der Waals surface area contributed by atoms with Gasteiger partial charge in [-0.15, -0.1) is 0 Å². The molecule has 162 valence electrons. The van der Waals surface area contributed by atoms with E-state index in [4.69, 9.17) is 21.0 Å². The third-order valence-electron chi connectivity index (χ3n) is 6.71. The maximum absolute atomic E-state index is 9.10. The number of hydrogen-bond acceptors (Lipinski definition) is 4. The van der Waals surface area contributed by atoms with Gasteiger partial charge in [-0.05, 0) is 92.7 Å². The van der Waals surface area contributed by atoms with Crippen LogP contribution in [0.1, 0.15) is 68.4 Å². The van der Waals surface area contributed by atoms with Gasteiger partial charge in [0, 0.05) is 4.47 Å². The summed E-state index contributed by atoms with van der Waals surface area (Å²) in [6, 6.07) is 21.2. The third-order valence-corrected chi connectivity index (χ3v) is 7.24. The number of hydrogen-bond donors (Lipinski definition) is 1. The third kappa shape index (κ3) is 5.88. The number of nitrogens with two attached hydrogens (primary N) is 1. The summed E-state index contributed by atoms with van der Waals surface area (Å²) in [6.07, 6.45) is 5.73. The molecule has 4 nitrogen and oxygen atoms in total. The van der Waals surface area contributed by atoms with Crippen LogP contribution in [0, 0.1) is 28.1 Å². The quantitative estimate of drug-likeness (QED) is 0.549. The molecule has 0 spiro atoms. The van der Waals surface area contributed by atoms with E-state index in [0.29, 0.717) is 11.8 Å². The Kier molecular flexibility index (Phi) is 7.42. The molecule has 0 bridgehead atoms. The number of rotatable bonds is 3. The van der Waals surface area contributed by atoms with Crippen LogP contribution in [-0.4, -0.2) is 12.6 Å². The van der Waals surface area contributed by atoms with Gasteiger partial charge in [-0.2, -0.15) is 10.5 Å². The van der Waals surface area contributed by atoms with Crippen LogP contribution >= 0.6 is 15.9 Å². The van der Waals surface area contributed by atoms with Crippen LogP contribution in [0.5, 0.6) is 5.75 Å². The molecule has 0 unspecified atom stereocenters. The van der Waals surface area contributed by atoms with E-state index >= 15 is 0 Å². The Morgan fingerprint density at radius 1 is 0.903 bits per heavy atom. The van der Waals surface area contributed by atoms with Crippen molar-refractivity contribution in [1.82, 2.24) is 0 Å². The molecule has 5 heteroatoms. The Labute approximate surface area is 194 Å². The van der Waals surface area contributed by atoms with E-state index in [9.17, 15) is 0 Å². The summed E-state index contributed by atoms with van der Waals surface area (Å²) in [5.41, 5.74) is 7.85. The molecule has 2 saturated carbocycles. The Balaban J connectivity index is 0.000000176. The summed E-state index contributed by atoms with van der Waals surface area (Å²) in [6.45, 7) is 2.07. The van der Waals surface area contributed by atoms with Crippen LogP contribution in [-0.2, 0) is 0 Å². The predicted octanol–water partition coefficient (Wildman–Crippen LogP) is 6.43. The van der Waals surface area contributed by atoms with Crippen molar-refractivity contribution in [3.8, 4) is 17.9 Å². The molecule has 2 aliphatic rings. The molecule has 4 atom stereocenters. The number of benzene rings is 2. The lowest BCUT2D eigenvalue weighted by atomic mass is 9.88. The second-order valence-corrected chi connectivity index (χ2v) is 10.1. The van der Waals surface area contributed by atoms with Gasteiger partial charge < -0.3 is 10.5 Å². The summed E-state index contributed by atoms with van der Waals surface area (Å²) >= 11 is 3.41. The molecule has 4 rings (SSSR count). The standard InChI is InChI=1S/C14H17NO.C12H13BrN2/c1-14(10-15)8-7-12(9-14)11-3-5-13(16-2)6-4-11;13-11-3-1-9(2-4-11)10-5-6-12(15,7-10)8-14/h3-6,12H,7-9H2,1-2H3;1-4,10H,5-7,15H2/t12-,14+;10-,12-/m11/s1. The van der Waals surface area contributed by atoms with E-state index in [1.54, 1.807) is 7.11 Å². The van der Waals surface area contributed by atoms with Crippen molar-refractivity contribution in [2.45, 2.75) is 62.8 Å². The minimum Gasteiger partial charge on any atom is -0.497 e. The molecule has 2 N–H and O–H groups in total. The highest BCUT2D eigenvalue weighted by molar-refractivity contribution is 9.10. The molecule has 0 amide bonds. The van der Waals surface area contributed by atoms with Gasteiger partial charge in [-0.1, -0.05) is 40.2 Å². The first-order valence-electron chi connectivity index (χ1n) is 10.8. The van der Waals surface area contributed by atoms with E-state index < -0.39 is 5.54 Å². The van der Waals surface area contributed by atoms with Crippen LogP contribution in [0.15, 0.2) is 53.0 Å². The molecular formula is C26H30BrN3O. The molecule has 2 fully saturated rings. The van der Waals surface area contributed by atoms with Crippen molar-refractivity contribution in [1.29, 1.82) is 10.5 Å². The second-order valence-electron chi connectivity index (χ2n) is 9.14. The van der Waals surface area contributed by atoms with Crippen molar-refractivity contribution >= 4 is 15.9 Å². The highest BCUT2D eigenvalue weighted by Gasteiger charge is 2.36. The van der Waals surface area contributed by atoms with E-state index in [1.165, 1.54) is 11.1 Å². The number of ether oxygens (including phenoxy) is 1. The van der Waals surface area contributed by atoms with Gasteiger partial charge in [-0.25, -0.2) is 0 Å². The zero-order valence-electron chi connectivity index (χ0n) is 18.3. The fourth-order valence-electron chi connectivity index (χ4n) is 4.70. The average molecular weight is 480 g/mol. The van der Waals surface area contributed by atoms with Crippen LogP contribution in [0.2, 0.25) is 0 Å². The number of nitrogens with zero attached hydrogens (tertiary/aromatic N) is 2. The maximum Gasteiger partial charge on any atom is 0.118 e. The van der Waals surface area contributed by atoms with E-state index in [-0.39, 0.29) is 5.41 Å². The van der Waals surface area contributed by atoms with Gasteiger partial charge in [0.1, 0.15) is 11.3 Å². The van der Waals surface area contributed by atoms with Gasteiger partial charge in [0.25, 0.3) is 0 Å². The molecule has 0 aliphatic heterocycles. The van der Waals surface area contributed by atoms with E-state index in [2.05, 4.69) is 59.3 Å². The van der Waals surface area contributed by atoms with Crippen LogP contribution in [0.4, 0.5) is 0 Å². The summed E-state index contributed by atoms with van der Waals surface area (Å²) < 4.78 is 6.23. The highest BCUT2D eigenvalue weighted by Crippen LogP contribution is 2.46. The highest BCUT2D eigenvalue weighted by atomic mass is 79.9. The normalized spacial score (nSPS) is 29.4. The maximum atomic E-state index is 9.10. The number of nitriles is 2. The minimum atomic E-state index is -0.599. The van der Waals surface area contributed by atoms with Crippen molar-refractivity contribution < 1.29 is 4.74 Å². The molecular weight excluding hydrogens is 450 g/mol. The van der Waals surface area contributed by atoms with Crippen LogP contribution < -0.4 is 10.5 Å². The molecule has 0 heterocycles. The second kappa shape index (κ2) is 9.86. The van der Waals surface area contributed by atoms with E-state index in [1.807, 2.05) is 24.3 Å². The average Bonchev–Trinajstić information content (AvgIpc) is 3.39. The molecule has 2 aliphatic carbocycles. The molecule has 0 radical (unpaired) electrons. The largest absolute Gasteiger partial charge is 0.497 e. The SMILES string of the molecule is COc1ccc([C@@H]2CC[C@](C)(C#N)C2)cc1.N#C[C@@]1(N)CC[C@@H](c2ccc(Br)cc2)C1. The first kappa shape index (κ1) is 23.3. The van der Waals surface area contributed by atoms with Crippen molar-refractivity contribution in [2.75, 3.05) is 7.11 Å². The van der Waals surface area contributed by atoms with Gasteiger partial charge in [0.2, 0.25) is 0 Å². The van der Waals surface area contributed by atoms with Gasteiger partial charge in [-0.3, -0.25) is 0 Å². The molecule has 0 saturated heterocycles. The fourth-order valence-corrected chi connectivity index (χ4v) is 4.96. The van der Waals surface area contributed by atoms with Gasteiger partial charge >= 0.3 is 0 Å². The molecule has 0 aromatic heterocycles. The van der Waals surface area contributed by atoms with Crippen LogP contribution in [0.25, 0.3) is 0 Å². The lowest BCUT2D eigenvalue weighted by Crippen LogP contribution is -2.34. The molecule has 31 heavy (non-hydrogen) atoms. The minimum absolute atomic E-state index is 0.120. The summed E-state index contributed by atoms with van der Waals surface area (Å²) in [4.78, 5) is 0.